The molecule has 0 aliphatic carbocycles. The fraction of sp³-hybridized carbons (Fsp3) is 0.133. The van der Waals surface area contributed by atoms with E-state index in [1.807, 2.05) is 24.3 Å². The number of aromatic amines is 1. The van der Waals surface area contributed by atoms with Crippen LogP contribution in [0.1, 0.15) is 16.3 Å². The second-order valence-corrected chi connectivity index (χ2v) is 4.81. The van der Waals surface area contributed by atoms with E-state index in [2.05, 4.69) is 15.0 Å². The van der Waals surface area contributed by atoms with E-state index < -0.39 is 0 Å². The minimum Gasteiger partial charge on any atom is -0.398 e. The van der Waals surface area contributed by atoms with Crippen molar-refractivity contribution >= 4 is 22.5 Å². The Morgan fingerprint density at radius 1 is 1.38 bits per heavy atom. The number of carbonyl (C=O) groups excluding carboxylic acids is 1. The van der Waals surface area contributed by atoms with E-state index in [1.165, 1.54) is 0 Å². The third-order valence-corrected chi connectivity index (χ3v) is 3.26. The predicted molar refractivity (Wildman–Crippen MR) is 80.5 cm³/mol. The highest BCUT2D eigenvalue weighted by atomic mass is 16.2. The molecule has 0 unspecified atom stereocenters. The van der Waals surface area contributed by atoms with Gasteiger partial charge in [0.1, 0.15) is 11.5 Å². The van der Waals surface area contributed by atoms with Crippen LogP contribution in [0.4, 0.5) is 5.69 Å². The Kier molecular flexibility index (Phi) is 3.27. The van der Waals surface area contributed by atoms with Gasteiger partial charge in [-0.05, 0) is 12.1 Å². The number of hydrogen-bond donors (Lipinski definition) is 2. The Morgan fingerprint density at radius 2 is 2.19 bits per heavy atom. The van der Waals surface area contributed by atoms with Gasteiger partial charge in [-0.15, -0.1) is 0 Å². The topological polar surface area (TPSA) is 87.9 Å². The number of fused-ring (bicyclic) bond motifs is 1. The van der Waals surface area contributed by atoms with E-state index in [0.29, 0.717) is 23.4 Å². The maximum atomic E-state index is 12.4. The number of carbonyl (C=O) groups is 1. The van der Waals surface area contributed by atoms with Crippen LogP contribution in [0.25, 0.3) is 10.9 Å². The molecule has 0 radical (unpaired) electrons. The van der Waals surface area contributed by atoms with Crippen LogP contribution >= 0.6 is 0 Å². The number of nitrogens with two attached hydrogens (primary N) is 1. The average Bonchev–Trinajstić information content (AvgIpc) is 2.99. The summed E-state index contributed by atoms with van der Waals surface area (Å²) in [5.41, 5.74) is 7.60. The number of rotatable bonds is 3. The summed E-state index contributed by atoms with van der Waals surface area (Å²) in [5.74, 6) is 0.531. The Morgan fingerprint density at radius 3 is 2.95 bits per heavy atom. The first-order valence-corrected chi connectivity index (χ1v) is 6.54. The van der Waals surface area contributed by atoms with Crippen molar-refractivity contribution in [3.63, 3.8) is 0 Å². The zero-order valence-electron chi connectivity index (χ0n) is 11.6. The number of nitrogen functional groups attached to an aromatic ring is 1. The minimum atomic E-state index is -0.191. The van der Waals surface area contributed by atoms with Crippen molar-refractivity contribution in [3.05, 3.63) is 54.2 Å². The van der Waals surface area contributed by atoms with Gasteiger partial charge in [0.2, 0.25) is 0 Å². The fourth-order valence-electron chi connectivity index (χ4n) is 2.19. The number of pyridine rings is 1. The minimum absolute atomic E-state index is 0.191. The lowest BCUT2D eigenvalue weighted by Gasteiger charge is -2.16. The van der Waals surface area contributed by atoms with Crippen LogP contribution in [-0.2, 0) is 6.54 Å². The second kappa shape index (κ2) is 5.24. The average molecular weight is 281 g/mol. The van der Waals surface area contributed by atoms with E-state index in [-0.39, 0.29) is 5.91 Å². The Hall–Kier alpha value is -2.89. The summed E-state index contributed by atoms with van der Waals surface area (Å²) < 4.78 is 0. The lowest BCUT2D eigenvalue weighted by molar-refractivity contribution is 0.0776. The SMILES string of the molecule is CN(Cc1ncc[nH]1)C(=O)c1cc(N)c2ccccc2n1. The Bertz CT molecular complexity index is 782. The van der Waals surface area contributed by atoms with Crippen LogP contribution < -0.4 is 5.73 Å². The van der Waals surface area contributed by atoms with Crippen molar-refractivity contribution in [3.8, 4) is 0 Å². The summed E-state index contributed by atoms with van der Waals surface area (Å²) in [6.45, 7) is 0.389. The summed E-state index contributed by atoms with van der Waals surface area (Å²) in [7, 11) is 1.71. The number of anilines is 1. The molecule has 0 saturated carbocycles. The standard InChI is InChI=1S/C15H15N5O/c1-20(9-14-17-6-7-18-14)15(21)13-8-11(16)10-4-2-3-5-12(10)19-13/h2-8H,9H2,1H3,(H2,16,19)(H,17,18). The van der Waals surface area contributed by atoms with Crippen molar-refractivity contribution in [1.82, 2.24) is 19.9 Å². The molecule has 2 aromatic heterocycles. The maximum Gasteiger partial charge on any atom is 0.272 e. The van der Waals surface area contributed by atoms with Crippen molar-refractivity contribution in [1.29, 1.82) is 0 Å². The molecule has 21 heavy (non-hydrogen) atoms. The summed E-state index contributed by atoms with van der Waals surface area (Å²) in [4.78, 5) is 25.4. The molecule has 2 heterocycles. The van der Waals surface area contributed by atoms with Crippen LogP contribution in [0, 0.1) is 0 Å². The molecule has 1 amide bonds. The lowest BCUT2D eigenvalue weighted by Crippen LogP contribution is -2.27. The largest absolute Gasteiger partial charge is 0.398 e. The number of aromatic nitrogens is 3. The van der Waals surface area contributed by atoms with Gasteiger partial charge < -0.3 is 15.6 Å². The highest BCUT2D eigenvalue weighted by Gasteiger charge is 2.16. The molecule has 3 N–H and O–H groups in total. The van der Waals surface area contributed by atoms with E-state index in [0.717, 1.165) is 11.2 Å². The molecule has 0 aliphatic heterocycles. The molecule has 1 aromatic carbocycles. The maximum absolute atomic E-state index is 12.4. The monoisotopic (exact) mass is 281 g/mol. The second-order valence-electron chi connectivity index (χ2n) is 4.81. The molecule has 6 heteroatoms. The molecule has 0 spiro atoms. The van der Waals surface area contributed by atoms with Crippen LogP contribution in [-0.4, -0.2) is 32.8 Å². The van der Waals surface area contributed by atoms with Gasteiger partial charge in [-0.25, -0.2) is 9.97 Å². The number of nitrogens with one attached hydrogen (secondary N) is 1. The fourth-order valence-corrected chi connectivity index (χ4v) is 2.19. The van der Waals surface area contributed by atoms with Gasteiger partial charge in [-0.2, -0.15) is 0 Å². The number of imidazole rings is 1. The van der Waals surface area contributed by atoms with Gasteiger partial charge >= 0.3 is 0 Å². The summed E-state index contributed by atoms with van der Waals surface area (Å²) >= 11 is 0. The molecular weight excluding hydrogens is 266 g/mol. The number of nitrogens with zero attached hydrogens (tertiary/aromatic N) is 3. The predicted octanol–water partition coefficient (Wildman–Crippen LogP) is 1.81. The zero-order valence-corrected chi connectivity index (χ0v) is 11.6. The first-order valence-electron chi connectivity index (χ1n) is 6.54. The summed E-state index contributed by atoms with van der Waals surface area (Å²) in [5, 5.41) is 0.850. The molecule has 3 aromatic rings. The third kappa shape index (κ3) is 2.55. The van der Waals surface area contributed by atoms with E-state index in [9.17, 15) is 4.79 Å². The molecular formula is C15H15N5O. The van der Waals surface area contributed by atoms with Crippen molar-refractivity contribution < 1.29 is 4.79 Å². The first kappa shape index (κ1) is 13.1. The van der Waals surface area contributed by atoms with Gasteiger partial charge in [0.15, 0.2) is 0 Å². The molecule has 0 saturated heterocycles. The quantitative estimate of drug-likeness (QED) is 0.766. The molecule has 0 aliphatic rings. The van der Waals surface area contributed by atoms with E-state index in [1.54, 1.807) is 30.4 Å². The van der Waals surface area contributed by atoms with Crippen LogP contribution in [0.15, 0.2) is 42.7 Å². The van der Waals surface area contributed by atoms with Gasteiger partial charge in [0.25, 0.3) is 5.91 Å². The van der Waals surface area contributed by atoms with Crippen LogP contribution in [0.2, 0.25) is 0 Å². The molecule has 6 nitrogen and oxygen atoms in total. The van der Waals surface area contributed by atoms with Crippen molar-refractivity contribution in [2.45, 2.75) is 6.54 Å². The van der Waals surface area contributed by atoms with Gasteiger partial charge in [-0.3, -0.25) is 4.79 Å². The van der Waals surface area contributed by atoms with Crippen LogP contribution in [0.5, 0.6) is 0 Å². The Balaban J connectivity index is 1.90. The number of benzene rings is 1. The van der Waals surface area contributed by atoms with Crippen molar-refractivity contribution in [2.24, 2.45) is 0 Å². The zero-order chi connectivity index (χ0) is 14.8. The summed E-state index contributed by atoms with van der Waals surface area (Å²) in [6, 6.07) is 9.11. The highest BCUT2D eigenvalue weighted by molar-refractivity contribution is 5.99. The number of para-hydroxylation sites is 1. The van der Waals surface area contributed by atoms with Gasteiger partial charge in [0.05, 0.1) is 12.1 Å². The van der Waals surface area contributed by atoms with Crippen molar-refractivity contribution in [2.75, 3.05) is 12.8 Å². The molecule has 0 fully saturated rings. The third-order valence-electron chi connectivity index (χ3n) is 3.26. The molecule has 0 bridgehead atoms. The van der Waals surface area contributed by atoms with Gasteiger partial charge in [-0.1, -0.05) is 18.2 Å². The first-order chi connectivity index (χ1) is 10.1. The van der Waals surface area contributed by atoms with Crippen LogP contribution in [0.3, 0.4) is 0 Å². The van der Waals surface area contributed by atoms with E-state index in [4.69, 9.17) is 5.73 Å². The number of amides is 1. The molecule has 3 rings (SSSR count). The normalized spacial score (nSPS) is 10.7. The lowest BCUT2D eigenvalue weighted by atomic mass is 10.1. The molecule has 106 valence electrons. The Labute approximate surface area is 121 Å². The smallest absolute Gasteiger partial charge is 0.272 e. The highest BCUT2D eigenvalue weighted by Crippen LogP contribution is 2.20. The number of hydrogen-bond acceptors (Lipinski definition) is 4. The van der Waals surface area contributed by atoms with Gasteiger partial charge in [0, 0.05) is 30.5 Å². The number of H-pyrrole nitrogens is 1. The molecule has 0 atom stereocenters. The van der Waals surface area contributed by atoms with E-state index >= 15 is 0 Å². The summed E-state index contributed by atoms with van der Waals surface area (Å²) in [6.07, 6.45) is 3.37.